The molecule has 0 atom stereocenters. The van der Waals surface area contributed by atoms with Gasteiger partial charge in [-0.1, -0.05) is 0 Å². The van der Waals surface area contributed by atoms with E-state index in [0.717, 1.165) is 25.9 Å². The Hall–Kier alpha value is -2.04. The zero-order valence-corrected chi connectivity index (χ0v) is 12.9. The van der Waals surface area contributed by atoms with Gasteiger partial charge in [-0.25, -0.2) is 4.79 Å². The molecule has 1 saturated heterocycles. The predicted octanol–water partition coefficient (Wildman–Crippen LogP) is 2.84. The van der Waals surface area contributed by atoms with E-state index in [4.69, 9.17) is 0 Å². The Balaban J connectivity index is 1.95. The van der Waals surface area contributed by atoms with Crippen molar-refractivity contribution in [3.05, 3.63) is 29.8 Å². The van der Waals surface area contributed by atoms with Crippen molar-refractivity contribution < 1.29 is 9.59 Å². The number of rotatable bonds is 2. The number of nitrogens with zero attached hydrogens (tertiary/aromatic N) is 1. The van der Waals surface area contributed by atoms with Crippen molar-refractivity contribution in [1.82, 2.24) is 10.2 Å². The molecule has 114 valence electrons. The highest BCUT2D eigenvalue weighted by Crippen LogP contribution is 2.15. The Morgan fingerprint density at radius 1 is 1.05 bits per heavy atom. The van der Waals surface area contributed by atoms with E-state index in [-0.39, 0.29) is 17.5 Å². The number of benzene rings is 1. The number of carbonyl (C=O) groups is 2. The van der Waals surface area contributed by atoms with Crippen molar-refractivity contribution in [2.45, 2.75) is 39.2 Å². The van der Waals surface area contributed by atoms with Gasteiger partial charge in [-0.05, 0) is 57.9 Å². The summed E-state index contributed by atoms with van der Waals surface area (Å²) in [6.07, 6.45) is 2.16. The van der Waals surface area contributed by atoms with Crippen LogP contribution in [0.1, 0.15) is 44.0 Å². The van der Waals surface area contributed by atoms with Crippen molar-refractivity contribution in [2.24, 2.45) is 0 Å². The van der Waals surface area contributed by atoms with Gasteiger partial charge in [-0.2, -0.15) is 0 Å². The second kappa shape index (κ2) is 6.16. The van der Waals surface area contributed by atoms with Crippen LogP contribution in [-0.2, 0) is 0 Å². The molecule has 0 aliphatic carbocycles. The van der Waals surface area contributed by atoms with Crippen LogP contribution >= 0.6 is 0 Å². The van der Waals surface area contributed by atoms with Gasteiger partial charge < -0.3 is 15.5 Å². The number of hydrogen-bond acceptors (Lipinski definition) is 2. The first kappa shape index (κ1) is 15.4. The fraction of sp³-hybridized carbons (Fsp3) is 0.500. The number of likely N-dealkylation sites (tertiary alicyclic amines) is 1. The fourth-order valence-corrected chi connectivity index (χ4v) is 2.30. The summed E-state index contributed by atoms with van der Waals surface area (Å²) in [5.41, 5.74) is 1.06. The maximum absolute atomic E-state index is 12.2. The molecule has 1 fully saturated rings. The molecule has 5 nitrogen and oxygen atoms in total. The third kappa shape index (κ3) is 4.48. The van der Waals surface area contributed by atoms with Crippen LogP contribution in [0.15, 0.2) is 24.3 Å². The highest BCUT2D eigenvalue weighted by atomic mass is 16.2. The summed E-state index contributed by atoms with van der Waals surface area (Å²) in [4.78, 5) is 25.8. The summed E-state index contributed by atoms with van der Waals surface area (Å²) in [5.74, 6) is 0.0678. The Morgan fingerprint density at radius 3 is 2.14 bits per heavy atom. The van der Waals surface area contributed by atoms with Crippen molar-refractivity contribution >= 4 is 17.6 Å². The second-order valence-electron chi connectivity index (χ2n) is 6.41. The topological polar surface area (TPSA) is 61.4 Å². The van der Waals surface area contributed by atoms with Gasteiger partial charge in [0.25, 0.3) is 5.91 Å². The smallest absolute Gasteiger partial charge is 0.319 e. The lowest BCUT2D eigenvalue weighted by Crippen LogP contribution is -2.43. The number of carbonyl (C=O) groups excluding carboxylic acids is 2. The van der Waals surface area contributed by atoms with Gasteiger partial charge >= 0.3 is 6.03 Å². The molecule has 1 aliphatic rings. The number of amides is 3. The summed E-state index contributed by atoms with van der Waals surface area (Å²) in [7, 11) is 0. The standard InChI is InChI=1S/C16H23N3O2/c1-16(2,3)18-15(21)17-13-8-6-12(7-9-13)14(20)19-10-4-5-11-19/h6-9H,4-5,10-11H2,1-3H3,(H2,17,18,21). The first-order valence-electron chi connectivity index (χ1n) is 7.34. The van der Waals surface area contributed by atoms with E-state index in [1.54, 1.807) is 24.3 Å². The minimum Gasteiger partial charge on any atom is -0.339 e. The molecule has 1 aromatic carbocycles. The van der Waals surface area contributed by atoms with Gasteiger partial charge in [-0.3, -0.25) is 4.79 Å². The maximum atomic E-state index is 12.2. The van der Waals surface area contributed by atoms with Crippen molar-refractivity contribution in [3.8, 4) is 0 Å². The number of hydrogen-bond donors (Lipinski definition) is 2. The van der Waals surface area contributed by atoms with Gasteiger partial charge in [0.2, 0.25) is 0 Å². The predicted molar refractivity (Wildman–Crippen MR) is 83.5 cm³/mol. The van der Waals surface area contributed by atoms with E-state index >= 15 is 0 Å². The highest BCUT2D eigenvalue weighted by Gasteiger charge is 2.19. The molecule has 0 spiro atoms. The van der Waals surface area contributed by atoms with Gasteiger partial charge in [-0.15, -0.1) is 0 Å². The summed E-state index contributed by atoms with van der Waals surface area (Å²) in [6, 6.07) is 6.78. The molecule has 0 saturated carbocycles. The zero-order chi connectivity index (χ0) is 15.5. The third-order valence-electron chi connectivity index (χ3n) is 3.27. The highest BCUT2D eigenvalue weighted by molar-refractivity contribution is 5.95. The van der Waals surface area contributed by atoms with Crippen molar-refractivity contribution in [3.63, 3.8) is 0 Å². The molecule has 1 heterocycles. The normalized spacial score (nSPS) is 14.9. The van der Waals surface area contributed by atoms with Crippen LogP contribution in [0.2, 0.25) is 0 Å². The maximum Gasteiger partial charge on any atom is 0.319 e. The average Bonchev–Trinajstić information content (AvgIpc) is 2.90. The SMILES string of the molecule is CC(C)(C)NC(=O)Nc1ccc(C(=O)N2CCCC2)cc1. The first-order chi connectivity index (χ1) is 9.85. The number of anilines is 1. The Bertz CT molecular complexity index is 511. The van der Waals surface area contributed by atoms with Gasteiger partial charge in [0.05, 0.1) is 0 Å². The average molecular weight is 289 g/mol. The van der Waals surface area contributed by atoms with Crippen LogP contribution in [0.25, 0.3) is 0 Å². The van der Waals surface area contributed by atoms with E-state index in [0.29, 0.717) is 11.3 Å². The van der Waals surface area contributed by atoms with Crippen LogP contribution in [0.3, 0.4) is 0 Å². The Morgan fingerprint density at radius 2 is 1.62 bits per heavy atom. The molecule has 0 unspecified atom stereocenters. The second-order valence-corrected chi connectivity index (χ2v) is 6.41. The Kier molecular flexibility index (Phi) is 4.50. The van der Waals surface area contributed by atoms with E-state index in [2.05, 4.69) is 10.6 Å². The molecule has 3 amide bonds. The largest absolute Gasteiger partial charge is 0.339 e. The minimum atomic E-state index is -0.282. The summed E-state index contributed by atoms with van der Waals surface area (Å²) in [5, 5.41) is 5.58. The van der Waals surface area contributed by atoms with E-state index in [1.807, 2.05) is 25.7 Å². The number of nitrogens with one attached hydrogen (secondary N) is 2. The molecular formula is C16H23N3O2. The lowest BCUT2D eigenvalue weighted by Gasteiger charge is -2.21. The summed E-state index contributed by atoms with van der Waals surface area (Å²) < 4.78 is 0. The zero-order valence-electron chi connectivity index (χ0n) is 12.9. The van der Waals surface area contributed by atoms with Crippen LogP contribution in [0, 0.1) is 0 Å². The molecule has 0 aromatic heterocycles. The monoisotopic (exact) mass is 289 g/mol. The van der Waals surface area contributed by atoms with Crippen LogP contribution < -0.4 is 10.6 Å². The van der Waals surface area contributed by atoms with Gasteiger partial charge in [0, 0.05) is 29.9 Å². The van der Waals surface area contributed by atoms with E-state index in [1.165, 1.54) is 0 Å². The summed E-state index contributed by atoms with van der Waals surface area (Å²) in [6.45, 7) is 7.44. The third-order valence-corrected chi connectivity index (χ3v) is 3.27. The summed E-state index contributed by atoms with van der Waals surface area (Å²) >= 11 is 0. The van der Waals surface area contributed by atoms with Crippen molar-refractivity contribution in [1.29, 1.82) is 0 Å². The van der Waals surface area contributed by atoms with E-state index in [9.17, 15) is 9.59 Å². The fourth-order valence-electron chi connectivity index (χ4n) is 2.30. The molecule has 21 heavy (non-hydrogen) atoms. The first-order valence-corrected chi connectivity index (χ1v) is 7.34. The lowest BCUT2D eigenvalue weighted by molar-refractivity contribution is 0.0793. The number of urea groups is 1. The molecule has 1 aliphatic heterocycles. The molecule has 0 radical (unpaired) electrons. The van der Waals surface area contributed by atoms with Crippen LogP contribution in [0.5, 0.6) is 0 Å². The molecule has 5 heteroatoms. The molecule has 2 rings (SSSR count). The van der Waals surface area contributed by atoms with Crippen molar-refractivity contribution in [2.75, 3.05) is 18.4 Å². The molecule has 1 aromatic rings. The molecular weight excluding hydrogens is 266 g/mol. The minimum absolute atomic E-state index is 0.0678. The Labute approximate surface area is 125 Å². The lowest BCUT2D eigenvalue weighted by atomic mass is 10.1. The van der Waals surface area contributed by atoms with Gasteiger partial charge in [0.1, 0.15) is 0 Å². The van der Waals surface area contributed by atoms with Crippen LogP contribution in [-0.4, -0.2) is 35.5 Å². The quantitative estimate of drug-likeness (QED) is 0.879. The molecule has 0 bridgehead atoms. The van der Waals surface area contributed by atoms with Crippen LogP contribution in [0.4, 0.5) is 10.5 Å². The van der Waals surface area contributed by atoms with Gasteiger partial charge in [0.15, 0.2) is 0 Å². The molecule has 2 N–H and O–H groups in total. The van der Waals surface area contributed by atoms with E-state index < -0.39 is 0 Å².